The largest absolute Gasteiger partial charge is 0.478 e. The Bertz CT molecular complexity index is 386. The number of rotatable bonds is 1. The minimum Gasteiger partial charge on any atom is -0.478 e. The number of alkyl halides is 6. The number of H-pyrrole nitrogens is 1. The number of hydrogen-bond acceptors (Lipinski definition) is 2. The Morgan fingerprint density at radius 3 is 1.94 bits per heavy atom. The van der Waals surface area contributed by atoms with Crippen molar-refractivity contribution in [3.8, 4) is 0 Å². The molecule has 0 saturated heterocycles. The summed E-state index contributed by atoms with van der Waals surface area (Å²) in [7, 11) is 0. The van der Waals surface area contributed by atoms with Gasteiger partial charge in [-0.15, -0.1) is 0 Å². The van der Waals surface area contributed by atoms with E-state index in [0.717, 1.165) is 5.10 Å². The van der Waals surface area contributed by atoms with Crippen LogP contribution in [0.1, 0.15) is 21.7 Å². The zero-order valence-electron chi connectivity index (χ0n) is 7.07. The summed E-state index contributed by atoms with van der Waals surface area (Å²) in [6, 6.07) is 0. The second-order valence-corrected chi connectivity index (χ2v) is 2.62. The molecule has 0 atom stereocenters. The van der Waals surface area contributed by atoms with Crippen LogP contribution in [0.4, 0.5) is 26.3 Å². The van der Waals surface area contributed by atoms with Gasteiger partial charge in [0, 0.05) is 0 Å². The maximum absolute atomic E-state index is 12.1. The third-order valence-corrected chi connectivity index (χ3v) is 1.53. The fourth-order valence-electron chi connectivity index (χ4n) is 0.960. The van der Waals surface area contributed by atoms with Crippen molar-refractivity contribution in [2.24, 2.45) is 0 Å². The van der Waals surface area contributed by atoms with Gasteiger partial charge < -0.3 is 5.11 Å². The first-order chi connectivity index (χ1) is 7.05. The lowest BCUT2D eigenvalue weighted by Crippen LogP contribution is -2.16. The van der Waals surface area contributed by atoms with Crippen molar-refractivity contribution in [2.75, 3.05) is 0 Å². The molecule has 16 heavy (non-hydrogen) atoms. The third kappa shape index (κ3) is 2.09. The Hall–Kier alpha value is -1.74. The van der Waals surface area contributed by atoms with Crippen molar-refractivity contribution in [3.05, 3.63) is 17.0 Å². The number of nitrogens with zero attached hydrogens (tertiary/aromatic N) is 1. The summed E-state index contributed by atoms with van der Waals surface area (Å²) in [4.78, 5) is 10.3. The van der Waals surface area contributed by atoms with Crippen molar-refractivity contribution in [1.82, 2.24) is 10.2 Å². The molecule has 0 aliphatic carbocycles. The van der Waals surface area contributed by atoms with E-state index in [2.05, 4.69) is 5.10 Å². The van der Waals surface area contributed by atoms with Gasteiger partial charge in [-0.05, 0) is 0 Å². The fraction of sp³-hybridized carbons (Fsp3) is 0.333. The van der Waals surface area contributed by atoms with E-state index in [9.17, 15) is 31.1 Å². The van der Waals surface area contributed by atoms with Gasteiger partial charge in [-0.25, -0.2) is 4.79 Å². The Balaban J connectivity index is 3.47. The van der Waals surface area contributed by atoms with Gasteiger partial charge in [-0.3, -0.25) is 5.10 Å². The first kappa shape index (κ1) is 12.3. The van der Waals surface area contributed by atoms with E-state index >= 15 is 0 Å². The monoisotopic (exact) mass is 248 g/mol. The van der Waals surface area contributed by atoms with E-state index in [1.54, 1.807) is 0 Å². The molecule has 0 radical (unpaired) electrons. The Morgan fingerprint density at radius 1 is 1.12 bits per heavy atom. The second kappa shape index (κ2) is 3.39. The predicted molar refractivity (Wildman–Crippen MR) is 35.6 cm³/mol. The SMILES string of the molecule is O=C(O)c1c(C(F)(F)F)n[nH]c1C(F)(F)F. The standard InChI is InChI=1S/C6H2F6N2O2/c7-5(8,9)2-1(4(15)16)3(14-13-2)6(10,11)12/h(H,13,14)(H,15,16). The summed E-state index contributed by atoms with van der Waals surface area (Å²) >= 11 is 0. The summed E-state index contributed by atoms with van der Waals surface area (Å²) < 4.78 is 72.6. The molecule has 90 valence electrons. The van der Waals surface area contributed by atoms with Crippen LogP contribution in [0.25, 0.3) is 0 Å². The van der Waals surface area contributed by atoms with Gasteiger partial charge in [0.1, 0.15) is 5.56 Å². The molecule has 0 aliphatic heterocycles. The van der Waals surface area contributed by atoms with Gasteiger partial charge in [-0.1, -0.05) is 0 Å². The number of halogens is 6. The van der Waals surface area contributed by atoms with Crippen LogP contribution in [-0.2, 0) is 12.4 Å². The van der Waals surface area contributed by atoms with Crippen LogP contribution in [0, 0.1) is 0 Å². The van der Waals surface area contributed by atoms with Gasteiger partial charge in [-0.2, -0.15) is 31.4 Å². The van der Waals surface area contributed by atoms with Crippen molar-refractivity contribution in [2.45, 2.75) is 12.4 Å². The molecule has 1 aromatic heterocycles. The Labute approximate surface area is 82.9 Å². The second-order valence-electron chi connectivity index (χ2n) is 2.62. The third-order valence-electron chi connectivity index (χ3n) is 1.53. The van der Waals surface area contributed by atoms with Crippen LogP contribution in [-0.4, -0.2) is 21.3 Å². The van der Waals surface area contributed by atoms with Crippen molar-refractivity contribution < 1.29 is 36.2 Å². The highest BCUT2D eigenvalue weighted by Crippen LogP contribution is 2.37. The molecule has 0 saturated carbocycles. The van der Waals surface area contributed by atoms with Crippen LogP contribution in [0.5, 0.6) is 0 Å². The minimum atomic E-state index is -5.27. The number of carbonyl (C=O) groups is 1. The number of aromatic carboxylic acids is 1. The van der Waals surface area contributed by atoms with Gasteiger partial charge >= 0.3 is 18.3 Å². The van der Waals surface area contributed by atoms with Crippen LogP contribution >= 0.6 is 0 Å². The van der Waals surface area contributed by atoms with E-state index in [4.69, 9.17) is 5.11 Å². The lowest BCUT2D eigenvalue weighted by molar-refractivity contribution is -0.143. The van der Waals surface area contributed by atoms with Crippen molar-refractivity contribution in [3.63, 3.8) is 0 Å². The van der Waals surface area contributed by atoms with Crippen molar-refractivity contribution in [1.29, 1.82) is 0 Å². The predicted octanol–water partition coefficient (Wildman–Crippen LogP) is 2.15. The average molecular weight is 248 g/mol. The Kier molecular flexibility index (Phi) is 2.61. The minimum absolute atomic E-state index is 1.03. The van der Waals surface area contributed by atoms with Gasteiger partial charge in [0.15, 0.2) is 11.4 Å². The zero-order chi connectivity index (χ0) is 12.7. The van der Waals surface area contributed by atoms with E-state index in [1.807, 2.05) is 0 Å². The Morgan fingerprint density at radius 2 is 1.62 bits per heavy atom. The maximum Gasteiger partial charge on any atom is 0.436 e. The smallest absolute Gasteiger partial charge is 0.436 e. The van der Waals surface area contributed by atoms with Crippen molar-refractivity contribution >= 4 is 5.97 Å². The van der Waals surface area contributed by atoms with Crippen LogP contribution < -0.4 is 0 Å². The number of carboxylic acids is 1. The number of hydrogen-bond donors (Lipinski definition) is 2. The topological polar surface area (TPSA) is 66.0 Å². The number of aromatic amines is 1. The molecule has 4 nitrogen and oxygen atoms in total. The normalized spacial score (nSPS) is 12.9. The van der Waals surface area contributed by atoms with Crippen LogP contribution in [0.15, 0.2) is 0 Å². The molecule has 1 heterocycles. The number of nitrogens with one attached hydrogen (secondary N) is 1. The quantitative estimate of drug-likeness (QED) is 0.748. The van der Waals surface area contributed by atoms with Gasteiger partial charge in [0.05, 0.1) is 0 Å². The summed E-state index contributed by atoms with van der Waals surface area (Å²) in [6.07, 6.45) is -10.5. The highest BCUT2D eigenvalue weighted by atomic mass is 19.4. The first-order valence-electron chi connectivity index (χ1n) is 3.51. The lowest BCUT2D eigenvalue weighted by Gasteiger charge is -2.06. The molecule has 1 rings (SSSR count). The van der Waals surface area contributed by atoms with E-state index in [0.29, 0.717) is 0 Å². The molecule has 0 aliphatic rings. The average Bonchev–Trinajstić information content (AvgIpc) is 2.43. The molecule has 1 aromatic rings. The first-order valence-corrected chi connectivity index (χ1v) is 3.51. The highest BCUT2D eigenvalue weighted by Gasteiger charge is 2.46. The zero-order valence-corrected chi connectivity index (χ0v) is 7.07. The molecule has 0 unspecified atom stereocenters. The van der Waals surface area contributed by atoms with Gasteiger partial charge in [0.2, 0.25) is 0 Å². The van der Waals surface area contributed by atoms with E-state index < -0.39 is 35.3 Å². The van der Waals surface area contributed by atoms with Gasteiger partial charge in [0.25, 0.3) is 0 Å². The lowest BCUT2D eigenvalue weighted by atomic mass is 10.1. The maximum atomic E-state index is 12.1. The molecular formula is C6H2F6N2O2. The molecular weight excluding hydrogens is 246 g/mol. The molecule has 10 heteroatoms. The molecule has 2 N–H and O–H groups in total. The molecule has 0 amide bonds. The fourth-order valence-corrected chi connectivity index (χ4v) is 0.960. The molecule has 0 spiro atoms. The van der Waals surface area contributed by atoms with E-state index in [1.165, 1.54) is 0 Å². The summed E-state index contributed by atoms with van der Waals surface area (Å²) in [6.45, 7) is 0. The van der Waals surface area contributed by atoms with Crippen LogP contribution in [0.3, 0.4) is 0 Å². The van der Waals surface area contributed by atoms with Crippen LogP contribution in [0.2, 0.25) is 0 Å². The summed E-state index contributed by atoms with van der Waals surface area (Å²) in [5, 5.41) is 11.7. The van der Waals surface area contributed by atoms with E-state index in [-0.39, 0.29) is 0 Å². The highest BCUT2D eigenvalue weighted by molar-refractivity contribution is 5.90. The molecule has 0 fully saturated rings. The molecule has 0 aromatic carbocycles. The number of carboxylic acid groups (broad SMARTS) is 1. The summed E-state index contributed by atoms with van der Waals surface area (Å²) in [5.74, 6) is -2.35. The molecule has 0 bridgehead atoms. The number of aromatic nitrogens is 2. The summed E-state index contributed by atoms with van der Waals surface area (Å²) in [5.41, 5.74) is -6.07.